The number of hydrazone groups is 1. The summed E-state index contributed by atoms with van der Waals surface area (Å²) in [6.45, 7) is 2.43. The van der Waals surface area contributed by atoms with Crippen molar-refractivity contribution in [2.75, 3.05) is 7.11 Å². The molecule has 3 aromatic carbocycles. The van der Waals surface area contributed by atoms with Gasteiger partial charge in [0.05, 0.1) is 18.2 Å². The van der Waals surface area contributed by atoms with Gasteiger partial charge in [0.2, 0.25) is 0 Å². The topological polar surface area (TPSA) is 116 Å². The van der Waals surface area contributed by atoms with Crippen LogP contribution < -0.4 is 14.9 Å². The normalized spacial score (nSPS) is 11.0. The number of rotatable bonds is 8. The summed E-state index contributed by atoms with van der Waals surface area (Å²) in [5, 5.41) is 15.3. The van der Waals surface area contributed by atoms with Crippen LogP contribution in [-0.2, 0) is 6.61 Å². The van der Waals surface area contributed by atoms with E-state index in [1.54, 1.807) is 25.3 Å². The van der Waals surface area contributed by atoms with Crippen LogP contribution in [0.15, 0.2) is 76.2 Å². The first kappa shape index (κ1) is 22.5. The summed E-state index contributed by atoms with van der Waals surface area (Å²) in [5.74, 6) is 0.522. The van der Waals surface area contributed by atoms with Gasteiger partial charge in [-0.3, -0.25) is 14.9 Å². The number of carbonyl (C=O) groups excluding carboxylic acids is 1. The lowest BCUT2D eigenvalue weighted by molar-refractivity contribution is -0.384. The number of ether oxygens (including phenoxy) is 2. The number of nitro benzene ring substituents is 1. The largest absolute Gasteiger partial charge is 0.493 e. The SMILES string of the molecule is COc1cc(/C=N\NC(=O)c2cc3cc([N+](=O)[O-])ccc3o2)ccc1OCc1cccc(C)c1. The molecular formula is C25H21N3O6. The maximum Gasteiger partial charge on any atom is 0.307 e. The molecule has 0 radical (unpaired) electrons. The molecule has 0 bridgehead atoms. The van der Waals surface area contributed by atoms with Gasteiger partial charge in [-0.1, -0.05) is 29.8 Å². The van der Waals surface area contributed by atoms with E-state index in [1.807, 2.05) is 25.1 Å². The molecule has 0 atom stereocenters. The van der Waals surface area contributed by atoms with Gasteiger partial charge in [0.25, 0.3) is 5.69 Å². The molecule has 0 aliphatic rings. The Bertz CT molecular complexity index is 1390. The number of amides is 1. The second-order valence-corrected chi connectivity index (χ2v) is 7.48. The molecule has 1 aromatic heterocycles. The zero-order chi connectivity index (χ0) is 24.1. The fraction of sp³-hybridized carbons (Fsp3) is 0.120. The number of nitrogens with zero attached hydrogens (tertiary/aromatic N) is 2. The van der Waals surface area contributed by atoms with Crippen molar-refractivity contribution in [1.29, 1.82) is 0 Å². The fourth-order valence-electron chi connectivity index (χ4n) is 3.32. The molecule has 0 spiro atoms. The number of hydrogen-bond donors (Lipinski definition) is 1. The second kappa shape index (κ2) is 9.86. The Kier molecular flexibility index (Phi) is 6.54. The molecule has 0 aliphatic carbocycles. The van der Waals surface area contributed by atoms with Gasteiger partial charge in [0, 0.05) is 17.5 Å². The zero-order valence-electron chi connectivity index (χ0n) is 18.5. The Morgan fingerprint density at radius 2 is 1.97 bits per heavy atom. The number of methoxy groups -OCH3 is 1. The van der Waals surface area contributed by atoms with Crippen LogP contribution in [0.25, 0.3) is 11.0 Å². The summed E-state index contributed by atoms with van der Waals surface area (Å²) in [6.07, 6.45) is 1.46. The Morgan fingerprint density at radius 1 is 1.12 bits per heavy atom. The quantitative estimate of drug-likeness (QED) is 0.225. The molecule has 1 heterocycles. The molecule has 0 saturated carbocycles. The predicted molar refractivity (Wildman–Crippen MR) is 126 cm³/mol. The van der Waals surface area contributed by atoms with E-state index in [4.69, 9.17) is 13.9 Å². The Balaban J connectivity index is 1.40. The maximum atomic E-state index is 12.3. The fourth-order valence-corrected chi connectivity index (χ4v) is 3.32. The Hall–Kier alpha value is -4.66. The van der Waals surface area contributed by atoms with Crippen LogP contribution in [0.2, 0.25) is 0 Å². The molecule has 1 N–H and O–H groups in total. The molecule has 9 nitrogen and oxygen atoms in total. The molecule has 34 heavy (non-hydrogen) atoms. The minimum atomic E-state index is -0.583. The highest BCUT2D eigenvalue weighted by molar-refractivity contribution is 5.97. The highest BCUT2D eigenvalue weighted by atomic mass is 16.6. The van der Waals surface area contributed by atoms with E-state index in [-0.39, 0.29) is 11.4 Å². The van der Waals surface area contributed by atoms with Crippen molar-refractivity contribution in [3.05, 3.63) is 99.3 Å². The van der Waals surface area contributed by atoms with Crippen molar-refractivity contribution in [3.63, 3.8) is 0 Å². The standard InChI is InChI=1S/C25H21N3O6/c1-16-4-3-5-18(10-16)15-33-22-8-6-17(11-23(22)32-2)14-26-27-25(29)24-13-19-12-20(28(30)31)7-9-21(19)34-24/h3-14H,15H2,1-2H3,(H,27,29)/b26-14-. The van der Waals surface area contributed by atoms with Gasteiger partial charge < -0.3 is 13.9 Å². The van der Waals surface area contributed by atoms with E-state index in [1.165, 1.54) is 30.5 Å². The van der Waals surface area contributed by atoms with Crippen LogP contribution in [-0.4, -0.2) is 24.2 Å². The molecule has 9 heteroatoms. The molecule has 4 rings (SSSR count). The van der Waals surface area contributed by atoms with Gasteiger partial charge in [-0.25, -0.2) is 5.43 Å². The third-order valence-corrected chi connectivity index (χ3v) is 4.98. The van der Waals surface area contributed by atoms with Crippen LogP contribution in [0, 0.1) is 17.0 Å². The predicted octanol–water partition coefficient (Wildman–Crippen LogP) is 5.00. The third-order valence-electron chi connectivity index (χ3n) is 4.98. The number of nitrogens with one attached hydrogen (secondary N) is 1. The summed E-state index contributed by atoms with van der Waals surface area (Å²) in [6, 6.07) is 18.9. The van der Waals surface area contributed by atoms with E-state index < -0.39 is 10.8 Å². The van der Waals surface area contributed by atoms with Gasteiger partial charge in [0.1, 0.15) is 12.2 Å². The molecule has 0 aliphatic heterocycles. The molecule has 4 aromatic rings. The summed E-state index contributed by atoms with van der Waals surface area (Å²) in [5.41, 5.74) is 5.55. The number of furan rings is 1. The van der Waals surface area contributed by atoms with Crippen LogP contribution in [0.3, 0.4) is 0 Å². The number of fused-ring (bicyclic) bond motifs is 1. The first-order valence-corrected chi connectivity index (χ1v) is 10.3. The monoisotopic (exact) mass is 459 g/mol. The molecule has 0 saturated heterocycles. The first-order valence-electron chi connectivity index (χ1n) is 10.3. The number of nitro groups is 1. The molecule has 172 valence electrons. The van der Waals surface area contributed by atoms with Gasteiger partial charge in [-0.2, -0.15) is 5.10 Å². The van der Waals surface area contributed by atoms with Crippen molar-refractivity contribution in [1.82, 2.24) is 5.43 Å². The van der Waals surface area contributed by atoms with Gasteiger partial charge >= 0.3 is 5.91 Å². The van der Waals surface area contributed by atoms with Gasteiger partial charge in [0.15, 0.2) is 17.3 Å². The van der Waals surface area contributed by atoms with Gasteiger partial charge in [-0.05, 0) is 48.4 Å². The van der Waals surface area contributed by atoms with Crippen LogP contribution in [0.4, 0.5) is 5.69 Å². The van der Waals surface area contributed by atoms with Crippen LogP contribution >= 0.6 is 0 Å². The summed E-state index contributed by atoms with van der Waals surface area (Å²) < 4.78 is 16.7. The highest BCUT2D eigenvalue weighted by Crippen LogP contribution is 2.28. The van der Waals surface area contributed by atoms with Crippen molar-refractivity contribution in [2.24, 2.45) is 5.10 Å². The third kappa shape index (κ3) is 5.21. The number of carbonyl (C=O) groups is 1. The lowest BCUT2D eigenvalue weighted by atomic mass is 10.1. The maximum absolute atomic E-state index is 12.3. The average molecular weight is 459 g/mol. The molecule has 0 unspecified atom stereocenters. The number of aryl methyl sites for hydroxylation is 1. The lowest BCUT2D eigenvalue weighted by Crippen LogP contribution is -2.16. The molecular weight excluding hydrogens is 438 g/mol. The summed E-state index contributed by atoms with van der Waals surface area (Å²) in [4.78, 5) is 22.7. The van der Waals surface area contributed by atoms with E-state index in [2.05, 4.69) is 16.6 Å². The summed E-state index contributed by atoms with van der Waals surface area (Å²) >= 11 is 0. The lowest BCUT2D eigenvalue weighted by Gasteiger charge is -2.11. The zero-order valence-corrected chi connectivity index (χ0v) is 18.5. The van der Waals surface area contributed by atoms with Crippen molar-refractivity contribution in [2.45, 2.75) is 13.5 Å². The Labute approximate surface area is 194 Å². The average Bonchev–Trinajstić information content (AvgIpc) is 3.26. The number of non-ortho nitro benzene ring substituents is 1. The number of benzene rings is 3. The molecule has 1 amide bonds. The van der Waals surface area contributed by atoms with Crippen LogP contribution in [0.1, 0.15) is 27.2 Å². The van der Waals surface area contributed by atoms with Crippen molar-refractivity contribution < 1.29 is 23.6 Å². The second-order valence-electron chi connectivity index (χ2n) is 7.48. The van der Waals surface area contributed by atoms with E-state index >= 15 is 0 Å². The van der Waals surface area contributed by atoms with Crippen LogP contribution in [0.5, 0.6) is 11.5 Å². The van der Waals surface area contributed by atoms with E-state index in [0.29, 0.717) is 34.6 Å². The summed E-state index contributed by atoms with van der Waals surface area (Å²) in [7, 11) is 1.55. The van der Waals surface area contributed by atoms with Crippen molar-refractivity contribution >= 4 is 28.8 Å². The van der Waals surface area contributed by atoms with Crippen molar-refractivity contribution in [3.8, 4) is 11.5 Å². The first-order chi connectivity index (χ1) is 16.4. The van der Waals surface area contributed by atoms with Gasteiger partial charge in [-0.15, -0.1) is 0 Å². The highest BCUT2D eigenvalue weighted by Gasteiger charge is 2.14. The molecule has 0 fully saturated rings. The number of hydrogen-bond acceptors (Lipinski definition) is 7. The minimum Gasteiger partial charge on any atom is -0.493 e. The van der Waals surface area contributed by atoms with E-state index in [0.717, 1.165) is 11.1 Å². The van der Waals surface area contributed by atoms with E-state index in [9.17, 15) is 14.9 Å². The Morgan fingerprint density at radius 3 is 2.74 bits per heavy atom. The smallest absolute Gasteiger partial charge is 0.307 e. The minimum absolute atomic E-state index is 0.00914.